The van der Waals surface area contributed by atoms with Crippen molar-refractivity contribution in [2.45, 2.75) is 6.92 Å². The van der Waals surface area contributed by atoms with Crippen molar-refractivity contribution in [3.63, 3.8) is 0 Å². The Kier molecular flexibility index (Phi) is 4.70. The third-order valence-corrected chi connectivity index (χ3v) is 5.42. The second kappa shape index (κ2) is 7.32. The van der Waals surface area contributed by atoms with E-state index in [4.69, 9.17) is 15.2 Å². The van der Waals surface area contributed by atoms with Gasteiger partial charge < -0.3 is 15.2 Å². The number of pyridine rings is 1. The van der Waals surface area contributed by atoms with Gasteiger partial charge in [-0.05, 0) is 37.3 Å². The smallest absolute Gasteiger partial charge is 0.275 e. The maximum Gasteiger partial charge on any atom is 0.275 e. The number of hydrogen-bond acceptors (Lipinski definition) is 7. The Balaban J connectivity index is 1.88. The Hall–Kier alpha value is -3.39. The van der Waals surface area contributed by atoms with E-state index in [1.807, 2.05) is 19.1 Å². The molecule has 3 aromatic heterocycles. The highest BCUT2D eigenvalue weighted by atomic mass is 32.1. The van der Waals surface area contributed by atoms with Gasteiger partial charge in [-0.3, -0.25) is 9.36 Å². The number of nitrogen functional groups attached to an aromatic ring is 1. The van der Waals surface area contributed by atoms with Crippen LogP contribution in [0.1, 0.15) is 12.5 Å². The number of nitrogens with zero attached hydrogens (tertiary/aromatic N) is 3. The fourth-order valence-electron chi connectivity index (χ4n) is 2.91. The number of anilines is 1. The van der Waals surface area contributed by atoms with Crippen LogP contribution in [0.4, 0.5) is 5.69 Å². The van der Waals surface area contributed by atoms with Gasteiger partial charge in [0.25, 0.3) is 5.56 Å². The first-order valence-corrected chi connectivity index (χ1v) is 9.46. The van der Waals surface area contributed by atoms with E-state index in [1.54, 1.807) is 37.8 Å². The highest BCUT2D eigenvalue weighted by Crippen LogP contribution is 2.35. The number of nitrogens with two attached hydrogens (primary N) is 1. The van der Waals surface area contributed by atoms with Crippen LogP contribution in [0.25, 0.3) is 32.2 Å². The standard InChI is InChI=1S/C20H18N4O3S/c1-3-27-9-8-12-10-22-19-15(16(12)21)17-18(28-19)20(25)24(11-23-17)13-4-6-14(26-2)7-5-13/h4-11H,3H2,1-2H3,(H2,21,22)/b9-8+. The Morgan fingerprint density at radius 3 is 2.75 bits per heavy atom. The highest BCUT2D eigenvalue weighted by molar-refractivity contribution is 7.25. The van der Waals surface area contributed by atoms with Gasteiger partial charge >= 0.3 is 0 Å². The van der Waals surface area contributed by atoms with Crippen molar-refractivity contribution in [3.8, 4) is 11.4 Å². The van der Waals surface area contributed by atoms with Gasteiger partial charge in [0, 0.05) is 11.8 Å². The summed E-state index contributed by atoms with van der Waals surface area (Å²) < 4.78 is 12.4. The number of methoxy groups -OCH3 is 1. The van der Waals surface area contributed by atoms with E-state index >= 15 is 0 Å². The van der Waals surface area contributed by atoms with Gasteiger partial charge in [0.1, 0.15) is 27.1 Å². The number of ether oxygens (including phenoxy) is 2. The van der Waals surface area contributed by atoms with Crippen LogP contribution in [0.2, 0.25) is 0 Å². The van der Waals surface area contributed by atoms with Crippen molar-refractivity contribution in [1.82, 2.24) is 14.5 Å². The molecule has 0 unspecified atom stereocenters. The molecule has 0 saturated carbocycles. The van der Waals surface area contributed by atoms with E-state index in [0.717, 1.165) is 11.3 Å². The van der Waals surface area contributed by atoms with Crippen LogP contribution in [0.5, 0.6) is 5.75 Å². The summed E-state index contributed by atoms with van der Waals surface area (Å²) in [6, 6.07) is 7.22. The minimum Gasteiger partial charge on any atom is -0.501 e. The maximum absolute atomic E-state index is 13.1. The normalized spacial score (nSPS) is 11.5. The van der Waals surface area contributed by atoms with Crippen LogP contribution in [-0.4, -0.2) is 28.3 Å². The second-order valence-corrected chi connectivity index (χ2v) is 6.96. The van der Waals surface area contributed by atoms with Crippen LogP contribution < -0.4 is 16.0 Å². The van der Waals surface area contributed by atoms with Gasteiger partial charge in [0.2, 0.25) is 0 Å². The summed E-state index contributed by atoms with van der Waals surface area (Å²) in [4.78, 5) is 22.7. The number of aromatic nitrogens is 3. The molecule has 0 aliphatic carbocycles. The molecular formula is C20H18N4O3S. The predicted octanol–water partition coefficient (Wildman–Crippen LogP) is 3.59. The lowest BCUT2D eigenvalue weighted by Crippen LogP contribution is -2.17. The Labute approximate surface area is 164 Å². The Morgan fingerprint density at radius 1 is 1.25 bits per heavy atom. The minimum absolute atomic E-state index is 0.163. The molecule has 4 aromatic rings. The molecule has 0 amide bonds. The van der Waals surface area contributed by atoms with E-state index in [0.29, 0.717) is 38.4 Å². The van der Waals surface area contributed by atoms with E-state index < -0.39 is 0 Å². The van der Waals surface area contributed by atoms with Crippen molar-refractivity contribution in [1.29, 1.82) is 0 Å². The van der Waals surface area contributed by atoms with E-state index in [2.05, 4.69) is 9.97 Å². The SMILES string of the molecule is CCO/C=C/c1cnc2sc3c(=O)n(-c4ccc(OC)cc4)cnc3c2c1N. The summed E-state index contributed by atoms with van der Waals surface area (Å²) in [7, 11) is 1.60. The average Bonchev–Trinajstić information content (AvgIpc) is 3.11. The quantitative estimate of drug-likeness (QED) is 0.520. The van der Waals surface area contributed by atoms with Crippen molar-refractivity contribution >= 4 is 43.5 Å². The largest absolute Gasteiger partial charge is 0.501 e. The molecule has 0 bridgehead atoms. The third-order valence-electron chi connectivity index (χ3n) is 4.34. The Bertz CT molecular complexity index is 1240. The molecule has 2 N–H and O–H groups in total. The molecule has 142 valence electrons. The molecule has 8 heteroatoms. The molecule has 0 radical (unpaired) electrons. The number of hydrogen-bond donors (Lipinski definition) is 1. The molecule has 3 heterocycles. The topological polar surface area (TPSA) is 92.3 Å². The lowest BCUT2D eigenvalue weighted by molar-refractivity contribution is 0.272. The zero-order valence-corrected chi connectivity index (χ0v) is 16.2. The molecule has 0 aliphatic rings. The van der Waals surface area contributed by atoms with Gasteiger partial charge in [0.15, 0.2) is 0 Å². The van der Waals surface area contributed by atoms with Gasteiger partial charge in [-0.1, -0.05) is 0 Å². The molecular weight excluding hydrogens is 376 g/mol. The summed E-state index contributed by atoms with van der Waals surface area (Å²) in [5.74, 6) is 0.720. The van der Waals surface area contributed by atoms with Gasteiger partial charge in [-0.2, -0.15) is 0 Å². The minimum atomic E-state index is -0.163. The number of benzene rings is 1. The molecule has 1 aromatic carbocycles. The van der Waals surface area contributed by atoms with Crippen molar-refractivity contribution < 1.29 is 9.47 Å². The summed E-state index contributed by atoms with van der Waals surface area (Å²) in [6.45, 7) is 2.47. The summed E-state index contributed by atoms with van der Waals surface area (Å²) in [5, 5.41) is 0.692. The Morgan fingerprint density at radius 2 is 2.04 bits per heavy atom. The molecule has 28 heavy (non-hydrogen) atoms. The number of fused-ring (bicyclic) bond motifs is 3. The fourth-order valence-corrected chi connectivity index (χ4v) is 3.95. The predicted molar refractivity (Wildman–Crippen MR) is 112 cm³/mol. The second-order valence-electron chi connectivity index (χ2n) is 5.96. The lowest BCUT2D eigenvalue weighted by Gasteiger charge is -2.06. The molecule has 4 rings (SSSR count). The summed E-state index contributed by atoms with van der Waals surface area (Å²) in [5.41, 5.74) is 8.70. The zero-order valence-electron chi connectivity index (χ0n) is 15.4. The van der Waals surface area contributed by atoms with Crippen LogP contribution >= 0.6 is 11.3 Å². The first-order chi connectivity index (χ1) is 13.6. The van der Waals surface area contributed by atoms with Crippen LogP contribution in [-0.2, 0) is 4.74 Å². The van der Waals surface area contributed by atoms with Gasteiger partial charge in [-0.15, -0.1) is 11.3 Å². The molecule has 7 nitrogen and oxygen atoms in total. The molecule has 0 saturated heterocycles. The first-order valence-electron chi connectivity index (χ1n) is 8.65. The van der Waals surface area contributed by atoms with Crippen molar-refractivity contribution in [3.05, 3.63) is 59.0 Å². The maximum atomic E-state index is 13.1. The van der Waals surface area contributed by atoms with E-state index in [9.17, 15) is 4.79 Å². The molecule has 0 atom stereocenters. The lowest BCUT2D eigenvalue weighted by atomic mass is 10.1. The van der Waals surface area contributed by atoms with Gasteiger partial charge in [-0.25, -0.2) is 9.97 Å². The van der Waals surface area contributed by atoms with Crippen LogP contribution in [0.15, 0.2) is 47.8 Å². The summed E-state index contributed by atoms with van der Waals surface area (Å²) >= 11 is 1.29. The summed E-state index contributed by atoms with van der Waals surface area (Å²) in [6.07, 6.45) is 6.52. The first kappa shape index (κ1) is 18.0. The number of thiophene rings is 1. The van der Waals surface area contributed by atoms with Crippen molar-refractivity contribution in [2.75, 3.05) is 19.5 Å². The zero-order chi connectivity index (χ0) is 19.7. The van der Waals surface area contributed by atoms with Gasteiger partial charge in [0.05, 0.1) is 36.7 Å². The van der Waals surface area contributed by atoms with E-state index in [1.165, 1.54) is 22.2 Å². The van der Waals surface area contributed by atoms with Crippen LogP contribution in [0.3, 0.4) is 0 Å². The third kappa shape index (κ3) is 2.97. The van der Waals surface area contributed by atoms with Crippen molar-refractivity contribution in [2.24, 2.45) is 0 Å². The van der Waals surface area contributed by atoms with Crippen LogP contribution in [0, 0.1) is 0 Å². The fraction of sp³-hybridized carbons (Fsp3) is 0.150. The number of rotatable bonds is 5. The van der Waals surface area contributed by atoms with E-state index in [-0.39, 0.29) is 5.56 Å². The molecule has 0 fully saturated rings. The monoisotopic (exact) mass is 394 g/mol. The average molecular weight is 394 g/mol. The molecule has 0 spiro atoms. The highest BCUT2D eigenvalue weighted by Gasteiger charge is 2.16. The molecule has 0 aliphatic heterocycles.